The first-order valence-electron chi connectivity index (χ1n) is 7.00. The van der Waals surface area contributed by atoms with Crippen molar-refractivity contribution < 1.29 is 0 Å². The fraction of sp³-hybridized carbons (Fsp3) is 0.176. The van der Waals surface area contributed by atoms with Crippen LogP contribution in [-0.4, -0.2) is 17.0 Å². The lowest BCUT2D eigenvalue weighted by molar-refractivity contribution is 0.578. The van der Waals surface area contributed by atoms with Gasteiger partial charge in [-0.1, -0.05) is 30.3 Å². The van der Waals surface area contributed by atoms with Crippen LogP contribution in [0.25, 0.3) is 10.9 Å². The van der Waals surface area contributed by atoms with Gasteiger partial charge in [-0.05, 0) is 37.2 Å². The van der Waals surface area contributed by atoms with Gasteiger partial charge in [-0.25, -0.2) is 4.98 Å². The number of nitrogens with two attached hydrogens (primary N) is 1. The fourth-order valence-corrected chi connectivity index (χ4v) is 2.47. The Balaban J connectivity index is 1.93. The summed E-state index contributed by atoms with van der Waals surface area (Å²) in [5.74, 6) is 0.582. The molecule has 0 aliphatic heterocycles. The second-order valence-corrected chi connectivity index (χ2v) is 5.02. The number of nitrogens with one attached hydrogen (secondary N) is 1. The standard InChI is InChI=1S/C17H18N4/c1-19-16(11-13-6-4-10-20-17(13)18)15-9-8-12-5-2-3-7-14(12)21-15/h2-10,16,19H,11H2,1H3,(H2,18,20). The maximum atomic E-state index is 5.93. The summed E-state index contributed by atoms with van der Waals surface area (Å²) in [5, 5.41) is 4.46. The number of nitrogen functional groups attached to an aromatic ring is 1. The highest BCUT2D eigenvalue weighted by Gasteiger charge is 2.14. The summed E-state index contributed by atoms with van der Waals surface area (Å²) in [7, 11) is 1.94. The predicted octanol–water partition coefficient (Wildman–Crippen LogP) is 2.72. The van der Waals surface area contributed by atoms with Gasteiger partial charge in [0.15, 0.2) is 0 Å². The van der Waals surface area contributed by atoms with Crippen molar-refractivity contribution in [3.05, 3.63) is 66.0 Å². The lowest BCUT2D eigenvalue weighted by Gasteiger charge is -2.17. The van der Waals surface area contributed by atoms with Crippen molar-refractivity contribution in [1.82, 2.24) is 15.3 Å². The average molecular weight is 278 g/mol. The van der Waals surface area contributed by atoms with Gasteiger partial charge < -0.3 is 11.1 Å². The van der Waals surface area contributed by atoms with Gasteiger partial charge in [-0.3, -0.25) is 4.98 Å². The summed E-state index contributed by atoms with van der Waals surface area (Å²) in [6, 6.07) is 16.3. The van der Waals surface area contributed by atoms with Crippen molar-refractivity contribution in [2.75, 3.05) is 12.8 Å². The molecule has 0 aliphatic rings. The summed E-state index contributed by atoms with van der Waals surface area (Å²) in [5.41, 5.74) is 8.99. The van der Waals surface area contributed by atoms with Gasteiger partial charge in [0.1, 0.15) is 5.82 Å². The molecule has 0 aliphatic carbocycles. The summed E-state index contributed by atoms with van der Waals surface area (Å²) >= 11 is 0. The Bertz CT molecular complexity index is 754. The van der Waals surface area contributed by atoms with Crippen molar-refractivity contribution in [2.24, 2.45) is 0 Å². The average Bonchev–Trinajstić information content (AvgIpc) is 2.54. The molecule has 4 heteroatoms. The molecule has 4 nitrogen and oxygen atoms in total. The molecule has 3 aromatic rings. The molecule has 0 amide bonds. The van der Waals surface area contributed by atoms with E-state index in [1.807, 2.05) is 37.4 Å². The van der Waals surface area contributed by atoms with Gasteiger partial charge in [-0.15, -0.1) is 0 Å². The smallest absolute Gasteiger partial charge is 0.126 e. The Labute approximate surface area is 124 Å². The summed E-state index contributed by atoms with van der Waals surface area (Å²) in [6.45, 7) is 0. The number of para-hydroxylation sites is 1. The maximum absolute atomic E-state index is 5.93. The molecule has 1 unspecified atom stereocenters. The summed E-state index contributed by atoms with van der Waals surface area (Å²) in [6.07, 6.45) is 2.48. The van der Waals surface area contributed by atoms with Crippen LogP contribution >= 0.6 is 0 Å². The van der Waals surface area contributed by atoms with Gasteiger partial charge in [0.05, 0.1) is 17.3 Å². The zero-order valence-corrected chi connectivity index (χ0v) is 12.0. The molecule has 3 N–H and O–H groups in total. The topological polar surface area (TPSA) is 63.8 Å². The molecule has 1 atom stereocenters. The molecule has 2 aromatic heterocycles. The maximum Gasteiger partial charge on any atom is 0.126 e. The molecule has 106 valence electrons. The lowest BCUT2D eigenvalue weighted by Crippen LogP contribution is -2.20. The van der Waals surface area contributed by atoms with Crippen molar-refractivity contribution in [1.29, 1.82) is 0 Å². The van der Waals surface area contributed by atoms with Crippen LogP contribution in [0.3, 0.4) is 0 Å². The molecule has 0 radical (unpaired) electrons. The largest absolute Gasteiger partial charge is 0.383 e. The van der Waals surface area contributed by atoms with E-state index >= 15 is 0 Å². The quantitative estimate of drug-likeness (QED) is 0.770. The van der Waals surface area contributed by atoms with Gasteiger partial charge in [0.2, 0.25) is 0 Å². The number of nitrogens with zero attached hydrogens (tertiary/aromatic N) is 2. The molecule has 2 heterocycles. The zero-order valence-electron chi connectivity index (χ0n) is 12.0. The highest BCUT2D eigenvalue weighted by molar-refractivity contribution is 5.78. The number of aromatic nitrogens is 2. The zero-order chi connectivity index (χ0) is 14.7. The Hall–Kier alpha value is -2.46. The molecule has 0 fully saturated rings. The van der Waals surface area contributed by atoms with Crippen LogP contribution in [0, 0.1) is 0 Å². The number of likely N-dealkylation sites (N-methyl/N-ethyl adjacent to an activating group) is 1. The molecular formula is C17H18N4. The van der Waals surface area contributed by atoms with Gasteiger partial charge in [0.25, 0.3) is 0 Å². The predicted molar refractivity (Wildman–Crippen MR) is 85.9 cm³/mol. The van der Waals surface area contributed by atoms with Crippen LogP contribution in [0.15, 0.2) is 54.7 Å². The number of hydrogen-bond acceptors (Lipinski definition) is 4. The van der Waals surface area contributed by atoms with Crippen molar-refractivity contribution in [3.8, 4) is 0 Å². The minimum atomic E-state index is 0.112. The van der Waals surface area contributed by atoms with Crippen molar-refractivity contribution in [2.45, 2.75) is 12.5 Å². The van der Waals surface area contributed by atoms with Crippen LogP contribution in [0.2, 0.25) is 0 Å². The molecule has 1 aromatic carbocycles. The summed E-state index contributed by atoms with van der Waals surface area (Å²) in [4.78, 5) is 8.89. The van der Waals surface area contributed by atoms with Crippen LogP contribution in [0.5, 0.6) is 0 Å². The van der Waals surface area contributed by atoms with E-state index in [0.29, 0.717) is 5.82 Å². The second-order valence-electron chi connectivity index (χ2n) is 5.02. The highest BCUT2D eigenvalue weighted by atomic mass is 14.9. The first-order valence-corrected chi connectivity index (χ1v) is 7.00. The number of hydrogen-bond donors (Lipinski definition) is 2. The van der Waals surface area contributed by atoms with Crippen LogP contribution in [-0.2, 0) is 6.42 Å². The van der Waals surface area contributed by atoms with Crippen LogP contribution < -0.4 is 11.1 Å². The normalized spacial score (nSPS) is 12.4. The summed E-state index contributed by atoms with van der Waals surface area (Å²) < 4.78 is 0. The number of pyridine rings is 2. The van der Waals surface area contributed by atoms with Crippen LogP contribution in [0.4, 0.5) is 5.82 Å². The van der Waals surface area contributed by atoms with Gasteiger partial charge in [0, 0.05) is 11.6 Å². The van der Waals surface area contributed by atoms with E-state index in [1.165, 1.54) is 0 Å². The van der Waals surface area contributed by atoms with E-state index < -0.39 is 0 Å². The third kappa shape index (κ3) is 2.85. The van der Waals surface area contributed by atoms with Crippen molar-refractivity contribution >= 4 is 16.7 Å². The van der Waals surface area contributed by atoms with E-state index in [2.05, 4.69) is 28.5 Å². The molecule has 0 spiro atoms. The molecule has 3 rings (SSSR count). The highest BCUT2D eigenvalue weighted by Crippen LogP contribution is 2.21. The number of fused-ring (bicyclic) bond motifs is 1. The minimum Gasteiger partial charge on any atom is -0.383 e. The fourth-order valence-electron chi connectivity index (χ4n) is 2.47. The Morgan fingerprint density at radius 2 is 1.95 bits per heavy atom. The lowest BCUT2D eigenvalue weighted by atomic mass is 10.0. The van der Waals surface area contributed by atoms with E-state index in [4.69, 9.17) is 10.7 Å². The Morgan fingerprint density at radius 1 is 1.10 bits per heavy atom. The molecule has 0 saturated heterocycles. The Kier molecular flexibility index (Phi) is 3.79. The first kappa shape index (κ1) is 13.5. The van der Waals surface area contributed by atoms with E-state index in [9.17, 15) is 0 Å². The molecule has 0 saturated carbocycles. The number of rotatable bonds is 4. The second kappa shape index (κ2) is 5.89. The SMILES string of the molecule is CNC(Cc1cccnc1N)c1ccc2ccccc2n1. The van der Waals surface area contributed by atoms with E-state index in [-0.39, 0.29) is 6.04 Å². The van der Waals surface area contributed by atoms with Gasteiger partial charge >= 0.3 is 0 Å². The number of anilines is 1. The van der Waals surface area contributed by atoms with E-state index in [1.54, 1.807) is 6.20 Å². The monoisotopic (exact) mass is 278 g/mol. The molecule has 0 bridgehead atoms. The third-order valence-electron chi connectivity index (χ3n) is 3.68. The van der Waals surface area contributed by atoms with Crippen molar-refractivity contribution in [3.63, 3.8) is 0 Å². The van der Waals surface area contributed by atoms with Crippen LogP contribution in [0.1, 0.15) is 17.3 Å². The molecular weight excluding hydrogens is 260 g/mol. The van der Waals surface area contributed by atoms with Gasteiger partial charge in [-0.2, -0.15) is 0 Å². The Morgan fingerprint density at radius 3 is 2.76 bits per heavy atom. The number of benzene rings is 1. The third-order valence-corrected chi connectivity index (χ3v) is 3.68. The van der Waals surface area contributed by atoms with E-state index in [0.717, 1.165) is 28.6 Å². The first-order chi connectivity index (χ1) is 10.3. The molecule has 21 heavy (non-hydrogen) atoms. The minimum absolute atomic E-state index is 0.112.